The van der Waals surface area contributed by atoms with Gasteiger partial charge in [0.25, 0.3) is 0 Å². The molecule has 3 unspecified atom stereocenters. The van der Waals surface area contributed by atoms with Gasteiger partial charge in [0.1, 0.15) is 0 Å². The molecule has 3 nitrogen and oxygen atoms in total. The molecule has 0 aromatic rings. The standard InChI is InChI=1S/C31H46O3/c1-26(2)11-9-12-29(5)23(26)10-13-31(7)24(29)22(32)18-20-21-19-28(4,25(33)34-8)15-14-27(21,3)16-17-30(20,31)6/h9,11,18,21,23-24H,10,12-17,19H2,1-8H3/t21?,23?,24?,27-,28-,29-,30+,31+/m0/s1. The van der Waals surface area contributed by atoms with Gasteiger partial charge in [0.15, 0.2) is 5.78 Å². The Balaban J connectivity index is 1.62. The zero-order chi connectivity index (χ0) is 24.9. The number of hydrogen-bond acceptors (Lipinski definition) is 3. The average Bonchev–Trinajstić information content (AvgIpc) is 2.75. The van der Waals surface area contributed by atoms with Crippen molar-refractivity contribution in [3.05, 3.63) is 23.8 Å². The molecular formula is C31H46O3. The van der Waals surface area contributed by atoms with Crippen LogP contribution in [-0.4, -0.2) is 18.9 Å². The molecule has 188 valence electrons. The van der Waals surface area contributed by atoms with Gasteiger partial charge < -0.3 is 4.74 Å². The Morgan fingerprint density at radius 1 is 0.971 bits per heavy atom. The fourth-order valence-corrected chi connectivity index (χ4v) is 10.2. The topological polar surface area (TPSA) is 43.4 Å². The van der Waals surface area contributed by atoms with Crippen molar-refractivity contribution >= 4 is 11.8 Å². The SMILES string of the molecule is COC(=O)[C@@]1(C)CC[C@@]2(C)CC[C@]3(C)C(=CC(=O)C4[C@@]5(C)CC=CC(C)(C)C5CC[C@]43C)C2C1. The molecule has 0 aromatic carbocycles. The summed E-state index contributed by atoms with van der Waals surface area (Å²) >= 11 is 0. The summed E-state index contributed by atoms with van der Waals surface area (Å²) in [5.41, 5.74) is 1.18. The number of carbonyl (C=O) groups is 2. The van der Waals surface area contributed by atoms with Gasteiger partial charge >= 0.3 is 5.97 Å². The van der Waals surface area contributed by atoms with Crippen molar-refractivity contribution in [1.82, 2.24) is 0 Å². The normalized spacial score (nSPS) is 51.4. The van der Waals surface area contributed by atoms with E-state index in [1.165, 1.54) is 25.5 Å². The highest BCUT2D eigenvalue weighted by atomic mass is 16.5. The van der Waals surface area contributed by atoms with Crippen LogP contribution in [0.3, 0.4) is 0 Å². The van der Waals surface area contributed by atoms with Crippen LogP contribution < -0.4 is 0 Å². The van der Waals surface area contributed by atoms with Gasteiger partial charge in [-0.25, -0.2) is 0 Å². The van der Waals surface area contributed by atoms with Gasteiger partial charge in [-0.3, -0.25) is 9.59 Å². The van der Waals surface area contributed by atoms with Crippen LogP contribution in [0.4, 0.5) is 0 Å². The van der Waals surface area contributed by atoms with Crippen molar-refractivity contribution in [2.75, 3.05) is 7.11 Å². The van der Waals surface area contributed by atoms with Gasteiger partial charge in [0.2, 0.25) is 0 Å². The first-order valence-electron chi connectivity index (χ1n) is 13.7. The van der Waals surface area contributed by atoms with E-state index in [1.807, 2.05) is 0 Å². The van der Waals surface area contributed by atoms with Crippen LogP contribution in [0, 0.1) is 50.2 Å². The first-order chi connectivity index (χ1) is 15.7. The molecule has 0 radical (unpaired) electrons. The lowest BCUT2D eigenvalue weighted by atomic mass is 9.34. The summed E-state index contributed by atoms with van der Waals surface area (Å²) < 4.78 is 5.25. The van der Waals surface area contributed by atoms with Crippen LogP contribution in [0.15, 0.2) is 23.8 Å². The number of ether oxygens (including phenoxy) is 1. The van der Waals surface area contributed by atoms with Gasteiger partial charge in [-0.2, -0.15) is 0 Å². The minimum Gasteiger partial charge on any atom is -0.469 e. The Labute approximate surface area is 207 Å². The van der Waals surface area contributed by atoms with Crippen molar-refractivity contribution in [2.45, 2.75) is 99.8 Å². The highest BCUT2D eigenvalue weighted by Gasteiger charge is 2.69. The number of hydrogen-bond donors (Lipinski definition) is 0. The summed E-state index contributed by atoms with van der Waals surface area (Å²) in [6, 6.07) is 0. The second kappa shape index (κ2) is 7.10. The monoisotopic (exact) mass is 466 g/mol. The number of fused-ring (bicyclic) bond motifs is 7. The molecule has 3 fully saturated rings. The Kier molecular flexibility index (Phi) is 5.08. The summed E-state index contributed by atoms with van der Waals surface area (Å²) in [6.45, 7) is 16.6. The van der Waals surface area contributed by atoms with Crippen molar-refractivity contribution in [2.24, 2.45) is 50.2 Å². The number of allylic oxidation sites excluding steroid dienone is 4. The van der Waals surface area contributed by atoms with Gasteiger partial charge in [-0.05, 0) is 103 Å². The molecule has 0 N–H and O–H groups in total. The van der Waals surface area contributed by atoms with E-state index in [4.69, 9.17) is 4.74 Å². The predicted octanol–water partition coefficient (Wildman–Crippen LogP) is 7.31. The number of esters is 1. The van der Waals surface area contributed by atoms with Crippen molar-refractivity contribution in [3.63, 3.8) is 0 Å². The number of ketones is 1. The Morgan fingerprint density at radius 3 is 2.32 bits per heavy atom. The summed E-state index contributed by atoms with van der Waals surface area (Å²) in [6.07, 6.45) is 15.2. The minimum absolute atomic E-state index is 0.00121. The smallest absolute Gasteiger partial charge is 0.311 e. The third-order valence-electron chi connectivity index (χ3n) is 12.5. The summed E-state index contributed by atoms with van der Waals surface area (Å²) in [7, 11) is 1.51. The zero-order valence-corrected chi connectivity index (χ0v) is 22.8. The Morgan fingerprint density at radius 2 is 1.65 bits per heavy atom. The van der Waals surface area contributed by atoms with E-state index in [0.29, 0.717) is 11.7 Å². The quantitative estimate of drug-likeness (QED) is 0.301. The molecule has 0 aromatic heterocycles. The highest BCUT2D eigenvalue weighted by Crippen LogP contribution is 2.74. The van der Waals surface area contributed by atoms with Gasteiger partial charge in [0, 0.05) is 5.92 Å². The van der Waals surface area contributed by atoms with Crippen LogP contribution in [0.5, 0.6) is 0 Å². The van der Waals surface area contributed by atoms with Crippen LogP contribution >= 0.6 is 0 Å². The molecule has 5 rings (SSSR count). The van der Waals surface area contributed by atoms with Crippen LogP contribution in [0.1, 0.15) is 99.8 Å². The molecule has 0 aliphatic heterocycles. The van der Waals surface area contributed by atoms with E-state index in [9.17, 15) is 9.59 Å². The van der Waals surface area contributed by atoms with E-state index in [0.717, 1.165) is 38.5 Å². The second-order valence-corrected chi connectivity index (χ2v) is 14.7. The Bertz CT molecular complexity index is 989. The zero-order valence-electron chi connectivity index (χ0n) is 22.8. The third kappa shape index (κ3) is 2.88. The summed E-state index contributed by atoms with van der Waals surface area (Å²) in [5.74, 6) is 1.16. The number of carbonyl (C=O) groups excluding carboxylic acids is 2. The van der Waals surface area contributed by atoms with Gasteiger partial charge in [-0.15, -0.1) is 0 Å². The van der Waals surface area contributed by atoms with E-state index >= 15 is 0 Å². The predicted molar refractivity (Wildman–Crippen MR) is 136 cm³/mol. The van der Waals surface area contributed by atoms with Crippen LogP contribution in [-0.2, 0) is 14.3 Å². The molecule has 3 saturated carbocycles. The van der Waals surface area contributed by atoms with Gasteiger partial charge in [-0.1, -0.05) is 59.3 Å². The molecule has 5 aliphatic carbocycles. The third-order valence-corrected chi connectivity index (χ3v) is 12.5. The Hall–Kier alpha value is -1.38. The lowest BCUT2D eigenvalue weighted by Gasteiger charge is -2.69. The van der Waals surface area contributed by atoms with E-state index in [-0.39, 0.29) is 44.9 Å². The van der Waals surface area contributed by atoms with Crippen LogP contribution in [0.2, 0.25) is 0 Å². The maximum Gasteiger partial charge on any atom is 0.311 e. The largest absolute Gasteiger partial charge is 0.469 e. The second-order valence-electron chi connectivity index (χ2n) is 14.7. The summed E-state index contributed by atoms with van der Waals surface area (Å²) in [4.78, 5) is 27.0. The van der Waals surface area contributed by atoms with Crippen LogP contribution in [0.25, 0.3) is 0 Å². The van der Waals surface area contributed by atoms with E-state index in [2.05, 4.69) is 66.7 Å². The fourth-order valence-electron chi connectivity index (χ4n) is 10.2. The van der Waals surface area contributed by atoms with Gasteiger partial charge in [0.05, 0.1) is 12.5 Å². The molecule has 3 heteroatoms. The maximum atomic E-state index is 14.2. The molecule has 5 aliphatic rings. The number of rotatable bonds is 1. The van der Waals surface area contributed by atoms with E-state index in [1.54, 1.807) is 0 Å². The molecule has 0 heterocycles. The fraction of sp³-hybridized carbons (Fsp3) is 0.806. The lowest BCUT2D eigenvalue weighted by molar-refractivity contribution is -0.175. The minimum atomic E-state index is -0.458. The molecule has 0 saturated heterocycles. The molecule has 0 bridgehead atoms. The highest BCUT2D eigenvalue weighted by molar-refractivity contribution is 5.95. The molecule has 34 heavy (non-hydrogen) atoms. The van der Waals surface area contributed by atoms with E-state index < -0.39 is 5.41 Å². The first kappa shape index (κ1) is 24.3. The first-order valence-corrected chi connectivity index (χ1v) is 13.7. The summed E-state index contributed by atoms with van der Waals surface area (Å²) in [5, 5.41) is 0. The van der Waals surface area contributed by atoms with Crippen molar-refractivity contribution in [1.29, 1.82) is 0 Å². The van der Waals surface area contributed by atoms with Crippen molar-refractivity contribution in [3.8, 4) is 0 Å². The van der Waals surface area contributed by atoms with Crippen molar-refractivity contribution < 1.29 is 14.3 Å². The molecule has 0 amide bonds. The average molecular weight is 467 g/mol. The molecule has 8 atom stereocenters. The molecule has 0 spiro atoms. The number of methoxy groups -OCH3 is 1. The molecular weight excluding hydrogens is 420 g/mol. The maximum absolute atomic E-state index is 14.2. The lowest BCUT2D eigenvalue weighted by Crippen LogP contribution is -2.65.